The summed E-state index contributed by atoms with van der Waals surface area (Å²) < 4.78 is 18.7. The molecule has 1 aliphatic carbocycles. The molecule has 2 heterocycles. The van der Waals surface area contributed by atoms with E-state index in [0.29, 0.717) is 11.3 Å². The number of benzene rings is 1. The Hall–Kier alpha value is -3.42. The largest absolute Gasteiger partial charge is 0.467 e. The Morgan fingerprint density at radius 2 is 2.00 bits per heavy atom. The monoisotopic (exact) mass is 425 g/mol. The van der Waals surface area contributed by atoms with E-state index in [1.165, 1.54) is 24.3 Å². The predicted octanol–water partition coefficient (Wildman–Crippen LogP) is 3.67. The number of allylic oxidation sites excluding steroid dienone is 2. The van der Waals surface area contributed by atoms with Crippen LogP contribution in [0.1, 0.15) is 43.9 Å². The molecule has 4 amide bonds. The van der Waals surface area contributed by atoms with E-state index in [4.69, 9.17) is 4.42 Å². The highest BCUT2D eigenvalue weighted by molar-refractivity contribution is 6.09. The summed E-state index contributed by atoms with van der Waals surface area (Å²) in [6.07, 6.45) is 7.23. The Bertz CT molecular complexity index is 1020. The van der Waals surface area contributed by atoms with E-state index in [1.807, 2.05) is 6.08 Å². The molecule has 31 heavy (non-hydrogen) atoms. The molecule has 1 saturated heterocycles. The number of imide groups is 1. The molecule has 0 spiro atoms. The first-order valence-electron chi connectivity index (χ1n) is 10.3. The van der Waals surface area contributed by atoms with Crippen molar-refractivity contribution in [2.45, 2.75) is 44.7 Å². The van der Waals surface area contributed by atoms with Crippen LogP contribution >= 0.6 is 0 Å². The number of urea groups is 1. The summed E-state index contributed by atoms with van der Waals surface area (Å²) in [5.74, 6) is -0.733. The van der Waals surface area contributed by atoms with Gasteiger partial charge in [0.1, 0.15) is 23.7 Å². The van der Waals surface area contributed by atoms with Gasteiger partial charge in [0, 0.05) is 5.70 Å². The first-order valence-corrected chi connectivity index (χ1v) is 10.3. The maximum Gasteiger partial charge on any atom is 0.325 e. The first-order chi connectivity index (χ1) is 14.9. The fourth-order valence-corrected chi connectivity index (χ4v) is 4.01. The Kier molecular flexibility index (Phi) is 5.63. The lowest BCUT2D eigenvalue weighted by molar-refractivity contribution is -0.138. The summed E-state index contributed by atoms with van der Waals surface area (Å²) in [4.78, 5) is 41.5. The van der Waals surface area contributed by atoms with Crippen molar-refractivity contribution in [2.75, 3.05) is 6.54 Å². The van der Waals surface area contributed by atoms with Gasteiger partial charge in [-0.2, -0.15) is 0 Å². The second-order valence-electron chi connectivity index (χ2n) is 7.95. The van der Waals surface area contributed by atoms with Gasteiger partial charge in [0.15, 0.2) is 0 Å². The molecule has 8 heteroatoms. The molecule has 2 aromatic rings. The summed E-state index contributed by atoms with van der Waals surface area (Å²) in [7, 11) is 0. The number of amides is 4. The predicted molar refractivity (Wildman–Crippen MR) is 110 cm³/mol. The molecular weight excluding hydrogens is 401 g/mol. The Morgan fingerprint density at radius 1 is 1.23 bits per heavy atom. The fraction of sp³-hybridized carbons (Fsp3) is 0.348. The molecule has 4 rings (SSSR count). The highest BCUT2D eigenvalue weighted by Crippen LogP contribution is 2.30. The molecule has 1 aliphatic heterocycles. The Balaban J connectivity index is 1.55. The highest BCUT2D eigenvalue weighted by Gasteiger charge is 2.49. The van der Waals surface area contributed by atoms with Crippen LogP contribution in [-0.2, 0) is 21.7 Å². The van der Waals surface area contributed by atoms with Gasteiger partial charge >= 0.3 is 6.03 Å². The molecule has 162 valence electrons. The molecule has 0 unspecified atom stereocenters. The van der Waals surface area contributed by atoms with E-state index < -0.39 is 23.3 Å². The first kappa shape index (κ1) is 20.8. The van der Waals surface area contributed by atoms with Gasteiger partial charge in [0.25, 0.3) is 5.91 Å². The normalized spacial score (nSPS) is 21.1. The number of halogens is 1. The summed E-state index contributed by atoms with van der Waals surface area (Å²) in [5.41, 5.74) is -0.0355. The quantitative estimate of drug-likeness (QED) is 0.716. The van der Waals surface area contributed by atoms with Crippen LogP contribution in [0.15, 0.2) is 58.9 Å². The average molecular weight is 425 g/mol. The molecule has 7 nitrogen and oxygen atoms in total. The van der Waals surface area contributed by atoms with E-state index in [-0.39, 0.29) is 19.0 Å². The van der Waals surface area contributed by atoms with Crippen LogP contribution in [0.2, 0.25) is 0 Å². The minimum Gasteiger partial charge on any atom is -0.467 e. The van der Waals surface area contributed by atoms with Crippen molar-refractivity contribution >= 4 is 17.8 Å². The van der Waals surface area contributed by atoms with Crippen molar-refractivity contribution in [2.24, 2.45) is 0 Å². The molecule has 1 aromatic heterocycles. The second kappa shape index (κ2) is 8.37. The van der Waals surface area contributed by atoms with Gasteiger partial charge in [0.05, 0.1) is 12.8 Å². The van der Waals surface area contributed by atoms with Crippen molar-refractivity contribution < 1.29 is 23.2 Å². The highest BCUT2D eigenvalue weighted by atomic mass is 19.1. The number of nitrogens with one attached hydrogen (secondary N) is 1. The zero-order valence-corrected chi connectivity index (χ0v) is 17.3. The molecule has 0 bridgehead atoms. The number of nitrogens with zero attached hydrogens (tertiary/aromatic N) is 2. The standard InChI is InChI=1S/C23H24FN3O4/c1-23(16-9-11-17(24)12-10-16)21(29)27(22(30)25-23)15-20(28)26(14-19-8-5-13-31-19)18-6-3-2-4-7-18/h5-6,8-13H,2-4,7,14-15H2,1H3,(H,25,30)/t23-/m1/s1. The SMILES string of the molecule is C[C@]1(c2ccc(F)cc2)NC(=O)N(CC(=O)N(Cc2ccco2)C2=CCCCC2)C1=O. The van der Waals surface area contributed by atoms with Gasteiger partial charge in [-0.25, -0.2) is 9.18 Å². The third-order valence-electron chi connectivity index (χ3n) is 5.80. The minimum absolute atomic E-state index is 0.233. The number of furan rings is 1. The van der Waals surface area contributed by atoms with Crippen molar-refractivity contribution in [3.63, 3.8) is 0 Å². The Labute approximate surface area is 179 Å². The van der Waals surface area contributed by atoms with Gasteiger partial charge in [0.2, 0.25) is 5.91 Å². The maximum atomic E-state index is 13.3. The van der Waals surface area contributed by atoms with Crippen molar-refractivity contribution in [3.8, 4) is 0 Å². The van der Waals surface area contributed by atoms with E-state index in [1.54, 1.807) is 30.2 Å². The van der Waals surface area contributed by atoms with E-state index in [0.717, 1.165) is 36.3 Å². The molecule has 1 N–H and O–H groups in total. The van der Waals surface area contributed by atoms with Gasteiger partial charge in [-0.05, 0) is 62.4 Å². The van der Waals surface area contributed by atoms with Crippen molar-refractivity contribution in [1.82, 2.24) is 15.1 Å². The summed E-state index contributed by atoms with van der Waals surface area (Å²) >= 11 is 0. The lowest BCUT2D eigenvalue weighted by Crippen LogP contribution is -2.44. The zero-order valence-electron chi connectivity index (χ0n) is 17.3. The van der Waals surface area contributed by atoms with E-state index >= 15 is 0 Å². The number of hydrogen-bond donors (Lipinski definition) is 1. The van der Waals surface area contributed by atoms with E-state index in [9.17, 15) is 18.8 Å². The number of carbonyl (C=O) groups excluding carboxylic acids is 3. The number of rotatable bonds is 6. The smallest absolute Gasteiger partial charge is 0.325 e. The molecular formula is C23H24FN3O4. The third kappa shape index (κ3) is 4.10. The summed E-state index contributed by atoms with van der Waals surface area (Å²) in [6, 6.07) is 8.25. The second-order valence-corrected chi connectivity index (χ2v) is 7.95. The number of hydrogen-bond acceptors (Lipinski definition) is 4. The van der Waals surface area contributed by atoms with Gasteiger partial charge in [-0.1, -0.05) is 18.2 Å². The van der Waals surface area contributed by atoms with Crippen molar-refractivity contribution in [1.29, 1.82) is 0 Å². The summed E-state index contributed by atoms with van der Waals surface area (Å²) in [6.45, 7) is 1.39. The molecule has 2 aliphatic rings. The fourth-order valence-electron chi connectivity index (χ4n) is 4.01. The van der Waals surface area contributed by atoms with E-state index in [2.05, 4.69) is 5.32 Å². The molecule has 1 fully saturated rings. The lowest BCUT2D eigenvalue weighted by atomic mass is 9.92. The van der Waals surface area contributed by atoms with Gasteiger partial charge in [-0.15, -0.1) is 0 Å². The Morgan fingerprint density at radius 3 is 2.65 bits per heavy atom. The van der Waals surface area contributed by atoms with Crippen LogP contribution in [0.3, 0.4) is 0 Å². The lowest BCUT2D eigenvalue weighted by Gasteiger charge is -2.28. The topological polar surface area (TPSA) is 82.9 Å². The van der Waals surface area contributed by atoms with Crippen LogP contribution in [0.25, 0.3) is 0 Å². The average Bonchev–Trinajstić information content (AvgIpc) is 3.36. The van der Waals surface area contributed by atoms with Crippen molar-refractivity contribution in [3.05, 3.63) is 71.6 Å². The molecule has 1 aromatic carbocycles. The minimum atomic E-state index is -1.36. The third-order valence-corrected chi connectivity index (χ3v) is 5.80. The van der Waals surface area contributed by atoms with Crippen LogP contribution in [0.4, 0.5) is 9.18 Å². The van der Waals surface area contributed by atoms with Gasteiger partial charge in [-0.3, -0.25) is 14.5 Å². The summed E-state index contributed by atoms with van der Waals surface area (Å²) in [5, 5.41) is 2.65. The number of carbonyl (C=O) groups is 3. The van der Waals surface area contributed by atoms with Crippen LogP contribution < -0.4 is 5.32 Å². The molecule has 0 radical (unpaired) electrons. The van der Waals surface area contributed by atoms with Crippen LogP contribution in [0.5, 0.6) is 0 Å². The molecule has 1 atom stereocenters. The zero-order chi connectivity index (χ0) is 22.0. The van der Waals surface area contributed by atoms with Crippen LogP contribution in [-0.4, -0.2) is 34.2 Å². The van der Waals surface area contributed by atoms with Crippen LogP contribution in [0, 0.1) is 5.82 Å². The maximum absolute atomic E-state index is 13.3. The molecule has 0 saturated carbocycles. The van der Waals surface area contributed by atoms with Gasteiger partial charge < -0.3 is 14.6 Å².